The Labute approximate surface area is 104 Å². The van der Waals surface area contributed by atoms with Crippen LogP contribution in [-0.2, 0) is 15.6 Å². The van der Waals surface area contributed by atoms with Crippen molar-refractivity contribution in [3.8, 4) is 0 Å². The third-order valence-electron chi connectivity index (χ3n) is 2.45. The van der Waals surface area contributed by atoms with Gasteiger partial charge in [0.05, 0.1) is 10.8 Å². The summed E-state index contributed by atoms with van der Waals surface area (Å²) in [6.07, 6.45) is 4.72. The van der Waals surface area contributed by atoms with Crippen molar-refractivity contribution in [1.29, 1.82) is 0 Å². The number of carboxylic acids is 1. The first-order valence-electron chi connectivity index (χ1n) is 5.71. The lowest BCUT2D eigenvalue weighted by Gasteiger charge is -2.11. The van der Waals surface area contributed by atoms with E-state index in [1.54, 1.807) is 18.2 Å². The minimum absolute atomic E-state index is 0.344. The molecule has 0 amide bonds. The van der Waals surface area contributed by atoms with Gasteiger partial charge in [0.25, 0.3) is 0 Å². The molecule has 1 aromatic rings. The van der Waals surface area contributed by atoms with Crippen LogP contribution in [0.4, 0.5) is 0 Å². The summed E-state index contributed by atoms with van der Waals surface area (Å²) in [7, 11) is -1.57. The Bertz CT molecular complexity index is 381. The van der Waals surface area contributed by atoms with Gasteiger partial charge in [0.15, 0.2) is 0 Å². The maximum Gasteiger partial charge on any atom is 0.319 e. The largest absolute Gasteiger partial charge is 0.480 e. The van der Waals surface area contributed by atoms with E-state index in [0.717, 1.165) is 19.3 Å². The molecule has 0 aliphatic heterocycles. The molecular formula is C12H17NO3S. The summed E-state index contributed by atoms with van der Waals surface area (Å²) in [6.45, 7) is 2.05. The summed E-state index contributed by atoms with van der Waals surface area (Å²) in [5.41, 5.74) is 0. The van der Waals surface area contributed by atoms with Crippen LogP contribution in [0.5, 0.6) is 0 Å². The fourth-order valence-electron chi connectivity index (χ4n) is 1.51. The lowest BCUT2D eigenvalue weighted by molar-refractivity contribution is -0.136. The van der Waals surface area contributed by atoms with E-state index in [1.807, 2.05) is 6.92 Å². The van der Waals surface area contributed by atoms with Gasteiger partial charge < -0.3 is 5.11 Å². The maximum atomic E-state index is 12.0. The monoisotopic (exact) mass is 255 g/mol. The highest BCUT2D eigenvalue weighted by Gasteiger charge is 2.25. The Hall–Kier alpha value is -1.23. The van der Waals surface area contributed by atoms with E-state index in [-0.39, 0.29) is 0 Å². The fourth-order valence-corrected chi connectivity index (χ4v) is 2.75. The second kappa shape index (κ2) is 7.17. The highest BCUT2D eigenvalue weighted by molar-refractivity contribution is 7.86. The van der Waals surface area contributed by atoms with Crippen LogP contribution in [0, 0.1) is 0 Å². The molecule has 0 aliphatic carbocycles. The van der Waals surface area contributed by atoms with Gasteiger partial charge in [-0.2, -0.15) is 0 Å². The third kappa shape index (κ3) is 4.26. The van der Waals surface area contributed by atoms with Crippen LogP contribution in [0.25, 0.3) is 0 Å². The van der Waals surface area contributed by atoms with Crippen LogP contribution < -0.4 is 0 Å². The van der Waals surface area contributed by atoms with E-state index in [0.29, 0.717) is 11.4 Å². The van der Waals surface area contributed by atoms with Crippen LogP contribution in [0.15, 0.2) is 29.4 Å². The van der Waals surface area contributed by atoms with E-state index in [4.69, 9.17) is 5.11 Å². The molecule has 0 aromatic carbocycles. The summed E-state index contributed by atoms with van der Waals surface area (Å²) in [4.78, 5) is 15.0. The highest BCUT2D eigenvalue weighted by atomic mass is 32.2. The zero-order chi connectivity index (χ0) is 12.7. The van der Waals surface area contributed by atoms with Gasteiger partial charge in [0.1, 0.15) is 10.3 Å². The topological polar surface area (TPSA) is 67.3 Å². The molecule has 4 nitrogen and oxygen atoms in total. The van der Waals surface area contributed by atoms with Crippen molar-refractivity contribution in [2.24, 2.45) is 0 Å². The predicted octanol–water partition coefficient (Wildman–Crippen LogP) is 2.22. The van der Waals surface area contributed by atoms with Crippen molar-refractivity contribution >= 4 is 16.8 Å². The first-order chi connectivity index (χ1) is 8.16. The Kier molecular flexibility index (Phi) is 5.83. The van der Waals surface area contributed by atoms with Gasteiger partial charge in [-0.25, -0.2) is 4.98 Å². The zero-order valence-electron chi connectivity index (χ0n) is 9.83. The second-order valence-corrected chi connectivity index (χ2v) is 5.37. The molecule has 0 spiro atoms. The lowest BCUT2D eigenvalue weighted by atomic mass is 10.1. The number of rotatable bonds is 7. The molecule has 1 heterocycles. The normalized spacial score (nSPS) is 14.2. The van der Waals surface area contributed by atoms with Crippen molar-refractivity contribution in [3.05, 3.63) is 24.4 Å². The average Bonchev–Trinajstić information content (AvgIpc) is 2.34. The summed E-state index contributed by atoms with van der Waals surface area (Å²) in [6, 6.07) is 5.03. The minimum Gasteiger partial charge on any atom is -0.480 e. The van der Waals surface area contributed by atoms with Gasteiger partial charge in [0, 0.05) is 6.20 Å². The molecule has 1 aromatic heterocycles. The van der Waals surface area contributed by atoms with Crippen LogP contribution in [0.3, 0.4) is 0 Å². The van der Waals surface area contributed by atoms with E-state index < -0.39 is 22.0 Å². The van der Waals surface area contributed by atoms with Crippen LogP contribution in [0.2, 0.25) is 0 Å². The summed E-state index contributed by atoms with van der Waals surface area (Å²) in [5, 5.41) is 8.58. The van der Waals surface area contributed by atoms with Crippen LogP contribution >= 0.6 is 0 Å². The van der Waals surface area contributed by atoms with Crippen molar-refractivity contribution in [3.63, 3.8) is 0 Å². The molecule has 0 saturated heterocycles. The number of carbonyl (C=O) groups is 1. The standard InChI is InChI=1S/C12H17NO3S/c1-2-3-4-7-10(12(14)15)17(16)11-8-5-6-9-13-11/h5-6,8-10H,2-4,7H2,1H3,(H,14,15). The number of unbranched alkanes of at least 4 members (excludes halogenated alkanes) is 2. The Morgan fingerprint density at radius 3 is 2.76 bits per heavy atom. The van der Waals surface area contributed by atoms with Gasteiger partial charge in [0.2, 0.25) is 0 Å². The Morgan fingerprint density at radius 2 is 2.24 bits per heavy atom. The lowest BCUT2D eigenvalue weighted by Crippen LogP contribution is -2.26. The number of aromatic nitrogens is 1. The molecule has 17 heavy (non-hydrogen) atoms. The molecule has 5 heteroatoms. The molecule has 0 fully saturated rings. The Morgan fingerprint density at radius 1 is 1.47 bits per heavy atom. The summed E-state index contributed by atoms with van der Waals surface area (Å²) >= 11 is 0. The highest BCUT2D eigenvalue weighted by Crippen LogP contribution is 2.15. The van der Waals surface area contributed by atoms with E-state index >= 15 is 0 Å². The number of hydrogen-bond donors (Lipinski definition) is 1. The predicted molar refractivity (Wildman–Crippen MR) is 66.2 cm³/mol. The molecule has 94 valence electrons. The smallest absolute Gasteiger partial charge is 0.319 e. The summed E-state index contributed by atoms with van der Waals surface area (Å²) in [5.74, 6) is -1.01. The van der Waals surface area contributed by atoms with Crippen molar-refractivity contribution < 1.29 is 14.1 Å². The van der Waals surface area contributed by atoms with Crippen LogP contribution in [0.1, 0.15) is 32.6 Å². The van der Waals surface area contributed by atoms with Gasteiger partial charge in [-0.15, -0.1) is 0 Å². The van der Waals surface area contributed by atoms with Gasteiger partial charge in [-0.1, -0.05) is 32.3 Å². The molecule has 1 rings (SSSR count). The fraction of sp³-hybridized carbons (Fsp3) is 0.500. The average molecular weight is 255 g/mol. The summed E-state index contributed by atoms with van der Waals surface area (Å²) < 4.78 is 12.0. The van der Waals surface area contributed by atoms with E-state index in [1.165, 1.54) is 6.20 Å². The maximum absolute atomic E-state index is 12.0. The number of hydrogen-bond acceptors (Lipinski definition) is 3. The SMILES string of the molecule is CCCCCC(C(=O)O)S(=O)c1ccccn1. The number of nitrogens with zero attached hydrogens (tertiary/aromatic N) is 1. The van der Waals surface area contributed by atoms with Crippen molar-refractivity contribution in [2.45, 2.75) is 42.9 Å². The number of carboxylic acid groups (broad SMARTS) is 1. The van der Waals surface area contributed by atoms with Gasteiger partial charge in [-0.05, 0) is 18.6 Å². The molecule has 2 unspecified atom stereocenters. The number of aliphatic carboxylic acids is 1. The van der Waals surface area contributed by atoms with Crippen molar-refractivity contribution in [1.82, 2.24) is 4.98 Å². The first-order valence-corrected chi connectivity index (χ1v) is 6.92. The molecule has 1 N–H and O–H groups in total. The van der Waals surface area contributed by atoms with Crippen molar-refractivity contribution in [2.75, 3.05) is 0 Å². The zero-order valence-corrected chi connectivity index (χ0v) is 10.7. The van der Waals surface area contributed by atoms with E-state index in [9.17, 15) is 9.00 Å². The Balaban J connectivity index is 2.71. The third-order valence-corrected chi connectivity index (χ3v) is 4.06. The van der Waals surface area contributed by atoms with E-state index in [2.05, 4.69) is 4.98 Å². The molecular weight excluding hydrogens is 238 g/mol. The number of pyridine rings is 1. The second-order valence-electron chi connectivity index (χ2n) is 3.79. The minimum atomic E-state index is -1.57. The molecule has 0 aliphatic rings. The van der Waals surface area contributed by atoms with Gasteiger partial charge >= 0.3 is 5.97 Å². The molecule has 2 atom stereocenters. The quantitative estimate of drug-likeness (QED) is 0.759. The van der Waals surface area contributed by atoms with Gasteiger partial charge in [-0.3, -0.25) is 9.00 Å². The van der Waals surface area contributed by atoms with Crippen LogP contribution in [-0.4, -0.2) is 25.5 Å². The first kappa shape index (κ1) is 13.8. The molecule has 0 saturated carbocycles. The molecule has 0 radical (unpaired) electrons. The molecule has 0 bridgehead atoms.